The van der Waals surface area contributed by atoms with Crippen molar-refractivity contribution in [2.75, 3.05) is 33.3 Å². The fourth-order valence-electron chi connectivity index (χ4n) is 3.38. The molecule has 1 aliphatic rings. The molecular weight excluding hydrogens is 438 g/mol. The Bertz CT molecular complexity index is 1270. The van der Waals surface area contributed by atoms with Crippen LogP contribution in [0.2, 0.25) is 0 Å². The molecule has 0 spiro atoms. The molecule has 0 aliphatic carbocycles. The molecule has 3 aromatic rings. The van der Waals surface area contributed by atoms with Crippen LogP contribution in [0.5, 0.6) is 28.7 Å². The second kappa shape index (κ2) is 9.99. The molecule has 8 nitrogen and oxygen atoms in total. The zero-order chi connectivity index (χ0) is 24.1. The largest absolute Gasteiger partial charge is 0.497 e. The first-order chi connectivity index (χ1) is 16.5. The van der Waals surface area contributed by atoms with Crippen molar-refractivity contribution in [3.63, 3.8) is 0 Å². The molecule has 0 fully saturated rings. The minimum atomic E-state index is -0.375. The summed E-state index contributed by atoms with van der Waals surface area (Å²) in [5, 5.41) is 2.74. The van der Waals surface area contributed by atoms with E-state index < -0.39 is 0 Å². The molecule has 3 aromatic carbocycles. The Morgan fingerprint density at radius 1 is 0.912 bits per heavy atom. The Kier molecular flexibility index (Phi) is 6.68. The van der Waals surface area contributed by atoms with Gasteiger partial charge < -0.3 is 29.0 Å². The average Bonchev–Trinajstić information content (AvgIpc) is 3.17. The number of Topliss-reactive ketones (excluding diaryl/α,β-unsaturated/α-hetero) is 1. The lowest BCUT2D eigenvalue weighted by Gasteiger charge is -2.12. The van der Waals surface area contributed by atoms with E-state index in [4.69, 9.17) is 23.7 Å². The number of benzene rings is 3. The number of ether oxygens (including phenoxy) is 5. The van der Waals surface area contributed by atoms with Crippen LogP contribution < -0.4 is 29.0 Å². The van der Waals surface area contributed by atoms with Gasteiger partial charge in [0.05, 0.1) is 32.6 Å². The van der Waals surface area contributed by atoms with Gasteiger partial charge in [-0.15, -0.1) is 0 Å². The third-order valence-corrected chi connectivity index (χ3v) is 5.09. The van der Waals surface area contributed by atoms with E-state index >= 15 is 0 Å². The highest BCUT2D eigenvalue weighted by Gasteiger charge is 2.28. The summed E-state index contributed by atoms with van der Waals surface area (Å²) in [6.45, 7) is -0.242. The van der Waals surface area contributed by atoms with Crippen LogP contribution in [-0.2, 0) is 4.79 Å². The first-order valence-corrected chi connectivity index (χ1v) is 10.4. The van der Waals surface area contributed by atoms with Crippen molar-refractivity contribution in [3.05, 3.63) is 77.5 Å². The van der Waals surface area contributed by atoms with Gasteiger partial charge in [-0.25, -0.2) is 0 Å². The first kappa shape index (κ1) is 22.7. The van der Waals surface area contributed by atoms with E-state index in [1.54, 1.807) is 62.8 Å². The number of hydrogen-bond acceptors (Lipinski definition) is 7. The number of amides is 1. The van der Waals surface area contributed by atoms with Crippen LogP contribution in [0.3, 0.4) is 0 Å². The van der Waals surface area contributed by atoms with Gasteiger partial charge in [0, 0.05) is 12.1 Å². The molecule has 1 amide bonds. The zero-order valence-electron chi connectivity index (χ0n) is 18.9. The summed E-state index contributed by atoms with van der Waals surface area (Å²) in [7, 11) is 4.63. The number of fused-ring (bicyclic) bond motifs is 1. The molecule has 0 aromatic heterocycles. The smallest absolute Gasteiger partial charge is 0.262 e. The van der Waals surface area contributed by atoms with Crippen molar-refractivity contribution >= 4 is 23.5 Å². The third-order valence-electron chi connectivity index (χ3n) is 5.09. The lowest BCUT2D eigenvalue weighted by Crippen LogP contribution is -2.20. The minimum Gasteiger partial charge on any atom is -0.497 e. The molecule has 174 valence electrons. The van der Waals surface area contributed by atoms with Crippen molar-refractivity contribution < 1.29 is 33.3 Å². The quantitative estimate of drug-likeness (QED) is 0.499. The van der Waals surface area contributed by atoms with E-state index in [-0.39, 0.29) is 24.1 Å². The summed E-state index contributed by atoms with van der Waals surface area (Å²) in [4.78, 5) is 25.1. The molecule has 0 unspecified atom stereocenters. The molecule has 4 rings (SSSR count). The van der Waals surface area contributed by atoms with E-state index in [1.807, 2.05) is 18.2 Å². The Labute approximate surface area is 196 Å². The van der Waals surface area contributed by atoms with Crippen LogP contribution in [0, 0.1) is 0 Å². The number of nitrogens with one attached hydrogen (secondary N) is 1. The summed E-state index contributed by atoms with van der Waals surface area (Å²) in [6.07, 6.45) is 1.65. The molecular formula is C26H23NO7. The van der Waals surface area contributed by atoms with E-state index in [0.29, 0.717) is 40.0 Å². The number of allylic oxidation sites excluding steroid dienone is 1. The summed E-state index contributed by atoms with van der Waals surface area (Å²) in [5.41, 5.74) is 1.69. The number of carbonyl (C=O) groups is 2. The topological polar surface area (TPSA) is 92.3 Å². The minimum absolute atomic E-state index is 0.199. The highest BCUT2D eigenvalue weighted by atomic mass is 16.5. The standard InChI is InChI=1S/C26H23NO7/c1-30-17-6-4-5-16(11-17)12-24-26(29)20-9-7-19(14-22(20)34-24)33-15-25(28)27-21-10-8-18(31-2)13-23(21)32-3/h4-14H,15H2,1-3H3,(H,27,28)/b24-12-. The van der Waals surface area contributed by atoms with Crippen molar-refractivity contribution in [2.45, 2.75) is 0 Å². The molecule has 0 saturated heterocycles. The fourth-order valence-corrected chi connectivity index (χ4v) is 3.38. The maximum atomic E-state index is 12.7. The third kappa shape index (κ3) is 4.96. The zero-order valence-corrected chi connectivity index (χ0v) is 18.9. The SMILES string of the molecule is COc1cccc(/C=C2\Oc3cc(OCC(=O)Nc4ccc(OC)cc4OC)ccc3C2=O)c1. The summed E-state index contributed by atoms with van der Waals surface area (Å²) in [6, 6.07) is 17.2. The van der Waals surface area contributed by atoms with Crippen molar-refractivity contribution in [1.29, 1.82) is 0 Å². The van der Waals surface area contributed by atoms with E-state index in [1.165, 1.54) is 7.11 Å². The van der Waals surface area contributed by atoms with E-state index in [9.17, 15) is 9.59 Å². The monoisotopic (exact) mass is 461 g/mol. The Morgan fingerprint density at radius 3 is 2.44 bits per heavy atom. The Morgan fingerprint density at radius 2 is 1.68 bits per heavy atom. The second-order valence-corrected chi connectivity index (χ2v) is 7.28. The van der Waals surface area contributed by atoms with Crippen molar-refractivity contribution in [3.8, 4) is 28.7 Å². The number of anilines is 1. The predicted octanol–water partition coefficient (Wildman–Crippen LogP) is 4.35. The van der Waals surface area contributed by atoms with Gasteiger partial charge in [0.1, 0.15) is 28.7 Å². The maximum absolute atomic E-state index is 12.7. The second-order valence-electron chi connectivity index (χ2n) is 7.28. The Hall–Kier alpha value is -4.46. The highest BCUT2D eigenvalue weighted by Crippen LogP contribution is 2.35. The van der Waals surface area contributed by atoms with Gasteiger partial charge in [-0.1, -0.05) is 12.1 Å². The molecule has 1 aliphatic heterocycles. The number of rotatable bonds is 8. The molecule has 0 bridgehead atoms. The first-order valence-electron chi connectivity index (χ1n) is 10.4. The number of ketones is 1. The molecule has 34 heavy (non-hydrogen) atoms. The average molecular weight is 461 g/mol. The van der Waals surface area contributed by atoms with Crippen LogP contribution in [0.25, 0.3) is 6.08 Å². The highest BCUT2D eigenvalue weighted by molar-refractivity contribution is 6.14. The molecule has 0 radical (unpaired) electrons. The number of hydrogen-bond donors (Lipinski definition) is 1. The number of methoxy groups -OCH3 is 3. The van der Waals surface area contributed by atoms with Gasteiger partial charge in [0.25, 0.3) is 5.91 Å². The van der Waals surface area contributed by atoms with Gasteiger partial charge in [0.2, 0.25) is 5.78 Å². The van der Waals surface area contributed by atoms with Gasteiger partial charge in [-0.2, -0.15) is 0 Å². The van der Waals surface area contributed by atoms with Crippen LogP contribution in [0.1, 0.15) is 15.9 Å². The summed E-state index contributed by atoms with van der Waals surface area (Å²) >= 11 is 0. The normalized spacial score (nSPS) is 13.1. The lowest BCUT2D eigenvalue weighted by molar-refractivity contribution is -0.118. The van der Waals surface area contributed by atoms with Gasteiger partial charge >= 0.3 is 0 Å². The molecule has 1 heterocycles. The van der Waals surface area contributed by atoms with E-state index in [2.05, 4.69) is 5.32 Å². The molecule has 0 atom stereocenters. The van der Waals surface area contributed by atoms with Crippen molar-refractivity contribution in [1.82, 2.24) is 0 Å². The lowest BCUT2D eigenvalue weighted by atomic mass is 10.1. The van der Waals surface area contributed by atoms with Gasteiger partial charge in [-0.05, 0) is 48.0 Å². The summed E-state index contributed by atoms with van der Waals surface area (Å²) < 4.78 is 27.0. The maximum Gasteiger partial charge on any atom is 0.262 e. The fraction of sp³-hybridized carbons (Fsp3) is 0.154. The van der Waals surface area contributed by atoms with Gasteiger partial charge in [0.15, 0.2) is 12.4 Å². The van der Waals surface area contributed by atoms with Crippen LogP contribution in [0.15, 0.2) is 66.4 Å². The van der Waals surface area contributed by atoms with Gasteiger partial charge in [-0.3, -0.25) is 9.59 Å². The van der Waals surface area contributed by atoms with E-state index in [0.717, 1.165) is 5.56 Å². The van der Waals surface area contributed by atoms with Crippen LogP contribution in [0.4, 0.5) is 5.69 Å². The molecule has 0 saturated carbocycles. The van der Waals surface area contributed by atoms with Crippen LogP contribution in [-0.4, -0.2) is 39.6 Å². The summed E-state index contributed by atoms with van der Waals surface area (Å²) in [5.74, 6) is 2.11. The molecule has 8 heteroatoms. The number of carbonyl (C=O) groups excluding carboxylic acids is 2. The molecule has 1 N–H and O–H groups in total. The van der Waals surface area contributed by atoms with Crippen LogP contribution >= 0.6 is 0 Å². The Balaban J connectivity index is 1.41. The van der Waals surface area contributed by atoms with Crippen molar-refractivity contribution in [2.24, 2.45) is 0 Å². The predicted molar refractivity (Wildman–Crippen MR) is 126 cm³/mol.